The maximum atomic E-state index is 12.2. The van der Waals surface area contributed by atoms with Gasteiger partial charge in [-0.2, -0.15) is 10.5 Å². The van der Waals surface area contributed by atoms with Gasteiger partial charge in [-0.05, 0) is 52.7 Å². The fourth-order valence-corrected chi connectivity index (χ4v) is 2.52. The Morgan fingerprint density at radius 3 is 2.58 bits per heavy atom. The molecule has 0 heterocycles. The van der Waals surface area contributed by atoms with Gasteiger partial charge in [-0.15, -0.1) is 0 Å². The Kier molecular flexibility index (Phi) is 5.73. The van der Waals surface area contributed by atoms with Crippen LogP contribution < -0.4 is 10.6 Å². The van der Waals surface area contributed by atoms with E-state index in [1.54, 1.807) is 24.3 Å². The minimum atomic E-state index is -0.587. The normalized spacial score (nSPS) is 10.4. The van der Waals surface area contributed by atoms with E-state index in [0.29, 0.717) is 11.3 Å². The van der Waals surface area contributed by atoms with Gasteiger partial charge in [-0.25, -0.2) is 0 Å². The van der Waals surface area contributed by atoms with Gasteiger partial charge in [0.2, 0.25) is 0 Å². The van der Waals surface area contributed by atoms with Crippen molar-refractivity contribution in [3.05, 3.63) is 69.8 Å². The van der Waals surface area contributed by atoms with Crippen molar-refractivity contribution in [1.82, 2.24) is 0 Å². The molecule has 2 aromatic rings. The van der Waals surface area contributed by atoms with Crippen molar-refractivity contribution < 1.29 is 4.79 Å². The largest absolute Gasteiger partial charge is 0.359 e. The molecule has 0 unspecified atom stereocenters. The second-order valence-corrected chi connectivity index (χ2v) is 5.76. The first-order valence-corrected chi connectivity index (χ1v) is 7.78. The average molecular weight is 381 g/mol. The highest BCUT2D eigenvalue weighted by molar-refractivity contribution is 9.10. The molecule has 0 radical (unpaired) electrons. The summed E-state index contributed by atoms with van der Waals surface area (Å²) in [5.41, 5.74) is 2.41. The van der Waals surface area contributed by atoms with E-state index in [0.717, 1.165) is 15.7 Å². The van der Waals surface area contributed by atoms with Crippen LogP contribution in [0.1, 0.15) is 11.1 Å². The third-order valence-corrected chi connectivity index (χ3v) is 3.81. The molecule has 0 aliphatic heterocycles. The number of carbonyl (C=O) groups is 1. The van der Waals surface area contributed by atoms with Crippen LogP contribution in [0.5, 0.6) is 0 Å². The van der Waals surface area contributed by atoms with Gasteiger partial charge in [0.1, 0.15) is 17.7 Å². The highest BCUT2D eigenvalue weighted by Crippen LogP contribution is 2.23. The predicted octanol–water partition coefficient (Wildman–Crippen LogP) is 4.09. The minimum Gasteiger partial charge on any atom is -0.359 e. The van der Waals surface area contributed by atoms with Crippen LogP contribution in [0.3, 0.4) is 0 Å². The number of halogens is 1. The van der Waals surface area contributed by atoms with Gasteiger partial charge >= 0.3 is 0 Å². The van der Waals surface area contributed by atoms with Crippen LogP contribution in [0.4, 0.5) is 11.4 Å². The molecule has 0 fully saturated rings. The molecule has 118 valence electrons. The number of hydrogen-bond donors (Lipinski definition) is 2. The zero-order chi connectivity index (χ0) is 17.5. The average Bonchev–Trinajstić information content (AvgIpc) is 2.57. The number of nitrogens with one attached hydrogen (secondary N) is 2. The lowest BCUT2D eigenvalue weighted by atomic mass is 10.2. The van der Waals surface area contributed by atoms with Crippen molar-refractivity contribution in [2.24, 2.45) is 0 Å². The Morgan fingerprint density at radius 1 is 1.17 bits per heavy atom. The molecular formula is C18H13BrN4O. The molecule has 5 nitrogen and oxygen atoms in total. The quantitative estimate of drug-likeness (QED) is 0.617. The topological polar surface area (TPSA) is 88.7 Å². The molecule has 24 heavy (non-hydrogen) atoms. The number of para-hydroxylation sites is 1. The Morgan fingerprint density at radius 2 is 1.92 bits per heavy atom. The second kappa shape index (κ2) is 7.96. The van der Waals surface area contributed by atoms with Crippen molar-refractivity contribution >= 4 is 33.2 Å². The smallest absolute Gasteiger partial charge is 0.267 e. The molecule has 2 rings (SSSR count). The molecule has 0 aliphatic rings. The van der Waals surface area contributed by atoms with Gasteiger partial charge in [-0.3, -0.25) is 4.79 Å². The van der Waals surface area contributed by atoms with Crippen LogP contribution in [-0.2, 0) is 4.79 Å². The van der Waals surface area contributed by atoms with Gasteiger partial charge in [0, 0.05) is 10.7 Å². The predicted molar refractivity (Wildman–Crippen MR) is 96.0 cm³/mol. The summed E-state index contributed by atoms with van der Waals surface area (Å²) in [6.45, 7) is 1.96. The van der Waals surface area contributed by atoms with Crippen LogP contribution >= 0.6 is 15.9 Å². The van der Waals surface area contributed by atoms with Gasteiger partial charge in [0.15, 0.2) is 0 Å². The zero-order valence-corrected chi connectivity index (χ0v) is 14.4. The number of nitrogens with zero attached hydrogens (tertiary/aromatic N) is 2. The first-order valence-electron chi connectivity index (χ1n) is 6.98. The standard InChI is InChI=1S/C18H13BrN4O/c1-12-6-7-17(15(19)8-12)22-11-14(10-21)18(24)23-16-5-3-2-4-13(16)9-20/h2-8,11,22H,1H3,(H,23,24)/b14-11-. The van der Waals surface area contributed by atoms with Crippen molar-refractivity contribution in [3.8, 4) is 12.1 Å². The van der Waals surface area contributed by atoms with E-state index < -0.39 is 5.91 Å². The lowest BCUT2D eigenvalue weighted by Crippen LogP contribution is -2.15. The molecule has 1 amide bonds. The van der Waals surface area contributed by atoms with E-state index in [1.165, 1.54) is 6.20 Å². The van der Waals surface area contributed by atoms with Crippen LogP contribution in [0, 0.1) is 29.6 Å². The van der Waals surface area contributed by atoms with E-state index in [4.69, 9.17) is 5.26 Å². The van der Waals surface area contributed by atoms with Crippen LogP contribution in [0.25, 0.3) is 0 Å². The lowest BCUT2D eigenvalue weighted by molar-refractivity contribution is -0.112. The molecule has 6 heteroatoms. The maximum absolute atomic E-state index is 12.2. The van der Waals surface area contributed by atoms with E-state index in [-0.39, 0.29) is 5.57 Å². The molecule has 0 aliphatic carbocycles. The Labute approximate surface area is 148 Å². The number of hydrogen-bond acceptors (Lipinski definition) is 4. The van der Waals surface area contributed by atoms with Gasteiger partial charge in [0.05, 0.1) is 16.9 Å². The summed E-state index contributed by atoms with van der Waals surface area (Å²) in [5.74, 6) is -0.587. The first-order chi connectivity index (χ1) is 11.5. The fourth-order valence-electron chi connectivity index (χ4n) is 1.91. The molecular weight excluding hydrogens is 368 g/mol. The van der Waals surface area contributed by atoms with Gasteiger partial charge < -0.3 is 10.6 Å². The molecule has 2 aromatic carbocycles. The van der Waals surface area contributed by atoms with E-state index in [1.807, 2.05) is 37.3 Å². The van der Waals surface area contributed by atoms with Crippen LogP contribution in [0.15, 0.2) is 58.7 Å². The van der Waals surface area contributed by atoms with Crippen molar-refractivity contribution in [2.45, 2.75) is 6.92 Å². The molecule has 0 saturated heterocycles. The number of aryl methyl sites for hydroxylation is 1. The highest BCUT2D eigenvalue weighted by atomic mass is 79.9. The number of anilines is 2. The Bertz CT molecular complexity index is 891. The highest BCUT2D eigenvalue weighted by Gasteiger charge is 2.11. The Balaban J connectivity index is 2.17. The third-order valence-electron chi connectivity index (χ3n) is 3.16. The summed E-state index contributed by atoms with van der Waals surface area (Å²) in [6.07, 6.45) is 1.33. The van der Waals surface area contributed by atoms with Crippen molar-refractivity contribution in [3.63, 3.8) is 0 Å². The number of carbonyl (C=O) groups excluding carboxylic acids is 1. The fraction of sp³-hybridized carbons (Fsp3) is 0.0556. The molecule has 2 N–H and O–H groups in total. The Hall–Kier alpha value is -3.09. The molecule has 0 atom stereocenters. The van der Waals surface area contributed by atoms with E-state index in [2.05, 4.69) is 26.6 Å². The molecule has 0 saturated carbocycles. The van der Waals surface area contributed by atoms with Crippen molar-refractivity contribution in [1.29, 1.82) is 10.5 Å². The zero-order valence-electron chi connectivity index (χ0n) is 12.8. The van der Waals surface area contributed by atoms with E-state index >= 15 is 0 Å². The summed E-state index contributed by atoms with van der Waals surface area (Å²) in [7, 11) is 0. The number of nitriles is 2. The summed E-state index contributed by atoms with van der Waals surface area (Å²) in [5, 5.41) is 23.7. The van der Waals surface area contributed by atoms with E-state index in [9.17, 15) is 10.1 Å². The number of amides is 1. The molecule has 0 spiro atoms. The number of benzene rings is 2. The van der Waals surface area contributed by atoms with Crippen molar-refractivity contribution in [2.75, 3.05) is 10.6 Å². The van der Waals surface area contributed by atoms with Gasteiger partial charge in [-0.1, -0.05) is 18.2 Å². The lowest BCUT2D eigenvalue weighted by Gasteiger charge is -2.08. The SMILES string of the molecule is Cc1ccc(N/C=C(/C#N)C(=O)Nc2ccccc2C#N)c(Br)c1. The van der Waals surface area contributed by atoms with Gasteiger partial charge in [0.25, 0.3) is 5.91 Å². The summed E-state index contributed by atoms with van der Waals surface area (Å²) >= 11 is 3.42. The third kappa shape index (κ3) is 4.22. The monoisotopic (exact) mass is 380 g/mol. The maximum Gasteiger partial charge on any atom is 0.267 e. The summed E-state index contributed by atoms with van der Waals surface area (Å²) in [4.78, 5) is 12.2. The molecule has 0 aromatic heterocycles. The summed E-state index contributed by atoms with van der Waals surface area (Å²) in [6, 6.07) is 16.1. The first kappa shape index (κ1) is 17.3. The minimum absolute atomic E-state index is 0.102. The second-order valence-electron chi connectivity index (χ2n) is 4.91. The van der Waals surface area contributed by atoms with Crippen LogP contribution in [-0.4, -0.2) is 5.91 Å². The molecule has 0 bridgehead atoms. The van der Waals surface area contributed by atoms with Crippen LogP contribution in [0.2, 0.25) is 0 Å². The number of rotatable bonds is 4. The summed E-state index contributed by atoms with van der Waals surface area (Å²) < 4.78 is 0.825.